The Morgan fingerprint density at radius 2 is 1.88 bits per heavy atom. The molecule has 1 unspecified atom stereocenters. The van der Waals surface area contributed by atoms with Gasteiger partial charge in [0.15, 0.2) is 5.11 Å². The van der Waals surface area contributed by atoms with Crippen molar-refractivity contribution in [3.8, 4) is 5.75 Å². The Morgan fingerprint density at radius 1 is 1.25 bits per heavy atom. The lowest BCUT2D eigenvalue weighted by Gasteiger charge is -2.20. The number of amides is 1. The Bertz CT molecular complexity index is 516. The van der Waals surface area contributed by atoms with Gasteiger partial charge in [-0.25, -0.2) is 0 Å². The molecule has 134 valence electrons. The first kappa shape index (κ1) is 20.4. The molecule has 0 saturated carbocycles. The summed E-state index contributed by atoms with van der Waals surface area (Å²) in [4.78, 5) is 14.5. The highest BCUT2D eigenvalue weighted by Crippen LogP contribution is 2.11. The number of rotatable bonds is 9. The molecule has 5 nitrogen and oxygen atoms in total. The van der Waals surface area contributed by atoms with E-state index in [-0.39, 0.29) is 11.9 Å². The molecule has 1 amide bonds. The summed E-state index contributed by atoms with van der Waals surface area (Å²) in [5, 5.41) is 6.25. The van der Waals surface area contributed by atoms with Crippen LogP contribution >= 0.6 is 12.2 Å². The minimum absolute atomic E-state index is 0.217. The third-order valence-corrected chi connectivity index (χ3v) is 4.18. The summed E-state index contributed by atoms with van der Waals surface area (Å²) in [6.45, 7) is 9.67. The first-order valence-electron chi connectivity index (χ1n) is 8.48. The Morgan fingerprint density at radius 3 is 2.42 bits per heavy atom. The molecule has 6 heteroatoms. The molecule has 0 heterocycles. The van der Waals surface area contributed by atoms with Gasteiger partial charge in [0.1, 0.15) is 5.75 Å². The highest BCUT2D eigenvalue weighted by atomic mass is 32.1. The first-order valence-corrected chi connectivity index (χ1v) is 8.89. The zero-order valence-corrected chi connectivity index (χ0v) is 15.9. The predicted octanol–water partition coefficient (Wildman–Crippen LogP) is 2.81. The van der Waals surface area contributed by atoms with Crippen molar-refractivity contribution in [3.63, 3.8) is 0 Å². The summed E-state index contributed by atoms with van der Waals surface area (Å²) >= 11 is 5.22. The van der Waals surface area contributed by atoms with Crippen LogP contribution in [0.4, 0.5) is 0 Å². The van der Waals surface area contributed by atoms with Crippen LogP contribution < -0.4 is 15.4 Å². The molecule has 0 spiro atoms. The zero-order chi connectivity index (χ0) is 17.9. The van der Waals surface area contributed by atoms with E-state index in [2.05, 4.69) is 36.3 Å². The minimum atomic E-state index is -0.217. The third kappa shape index (κ3) is 7.27. The summed E-state index contributed by atoms with van der Waals surface area (Å²) in [5.41, 5.74) is 0.550. The Hall–Kier alpha value is -1.66. The summed E-state index contributed by atoms with van der Waals surface area (Å²) < 4.78 is 5.08. The number of hydrogen-bond donors (Lipinski definition) is 2. The van der Waals surface area contributed by atoms with Crippen LogP contribution in [0.1, 0.15) is 44.0 Å². The number of hydrogen-bond acceptors (Lipinski definition) is 4. The van der Waals surface area contributed by atoms with Crippen molar-refractivity contribution in [1.29, 1.82) is 0 Å². The van der Waals surface area contributed by atoms with E-state index >= 15 is 0 Å². The third-order valence-electron chi connectivity index (χ3n) is 3.96. The number of carbonyl (C=O) groups is 1. The summed E-state index contributed by atoms with van der Waals surface area (Å²) in [7, 11) is 1.59. The number of thiocarbonyl (C=S) groups is 1. The number of nitrogens with zero attached hydrogens (tertiary/aromatic N) is 1. The normalized spacial score (nSPS) is 11.9. The minimum Gasteiger partial charge on any atom is -0.497 e. The van der Waals surface area contributed by atoms with Crippen molar-refractivity contribution in [2.24, 2.45) is 0 Å². The average Bonchev–Trinajstić information content (AvgIpc) is 2.58. The number of benzene rings is 1. The van der Waals surface area contributed by atoms with Gasteiger partial charge in [-0.2, -0.15) is 0 Å². The molecule has 1 aromatic rings. The maximum absolute atomic E-state index is 12.1. The Labute approximate surface area is 150 Å². The topological polar surface area (TPSA) is 53.6 Å². The quantitative estimate of drug-likeness (QED) is 0.670. The monoisotopic (exact) mass is 351 g/mol. The van der Waals surface area contributed by atoms with Crippen LogP contribution in [0.25, 0.3) is 0 Å². The fourth-order valence-electron chi connectivity index (χ4n) is 2.41. The van der Waals surface area contributed by atoms with Gasteiger partial charge in [-0.05, 0) is 75.9 Å². The predicted molar refractivity (Wildman–Crippen MR) is 103 cm³/mol. The molecule has 0 fully saturated rings. The molecule has 2 N–H and O–H groups in total. The van der Waals surface area contributed by atoms with Gasteiger partial charge < -0.3 is 15.0 Å². The van der Waals surface area contributed by atoms with Gasteiger partial charge in [0.2, 0.25) is 0 Å². The van der Waals surface area contributed by atoms with Crippen LogP contribution in [0.5, 0.6) is 5.75 Å². The van der Waals surface area contributed by atoms with E-state index in [1.807, 2.05) is 0 Å². The molecule has 0 bridgehead atoms. The van der Waals surface area contributed by atoms with E-state index in [9.17, 15) is 4.79 Å². The second-order valence-corrected chi connectivity index (χ2v) is 6.13. The molecular formula is C18H29N3O2S. The van der Waals surface area contributed by atoms with E-state index in [1.54, 1.807) is 31.4 Å². The van der Waals surface area contributed by atoms with Crippen molar-refractivity contribution < 1.29 is 9.53 Å². The SMILES string of the molecule is CCN(CC)CCCC(C)NC(=S)NC(=O)c1ccc(OC)cc1. The van der Waals surface area contributed by atoms with E-state index in [1.165, 1.54) is 0 Å². The zero-order valence-electron chi connectivity index (χ0n) is 15.1. The van der Waals surface area contributed by atoms with Crippen molar-refractivity contribution in [1.82, 2.24) is 15.5 Å². The molecule has 0 aliphatic carbocycles. The van der Waals surface area contributed by atoms with E-state index in [0.29, 0.717) is 16.4 Å². The standard InChI is InChI=1S/C18H29N3O2S/c1-5-21(6-2)13-7-8-14(3)19-18(24)20-17(22)15-9-11-16(23-4)12-10-15/h9-12,14H,5-8,13H2,1-4H3,(H2,19,20,22,24). The lowest BCUT2D eigenvalue weighted by atomic mass is 10.2. The lowest BCUT2D eigenvalue weighted by molar-refractivity contribution is 0.0976. The number of methoxy groups -OCH3 is 1. The second-order valence-electron chi connectivity index (χ2n) is 5.73. The van der Waals surface area contributed by atoms with Gasteiger partial charge in [0.25, 0.3) is 5.91 Å². The fraction of sp³-hybridized carbons (Fsp3) is 0.556. The fourth-order valence-corrected chi connectivity index (χ4v) is 2.70. The molecule has 1 rings (SSSR count). The Kier molecular flexibility index (Phi) is 9.34. The first-order chi connectivity index (χ1) is 11.5. The number of nitrogens with one attached hydrogen (secondary N) is 2. The average molecular weight is 352 g/mol. The van der Waals surface area contributed by atoms with Crippen LogP contribution in [0.2, 0.25) is 0 Å². The summed E-state index contributed by atoms with van der Waals surface area (Å²) in [5.74, 6) is 0.500. The van der Waals surface area contributed by atoms with Gasteiger partial charge in [-0.1, -0.05) is 13.8 Å². The number of ether oxygens (including phenoxy) is 1. The molecule has 24 heavy (non-hydrogen) atoms. The maximum Gasteiger partial charge on any atom is 0.257 e. The van der Waals surface area contributed by atoms with Crippen LogP contribution in [0.3, 0.4) is 0 Å². The largest absolute Gasteiger partial charge is 0.497 e. The van der Waals surface area contributed by atoms with Gasteiger partial charge in [-0.3, -0.25) is 10.1 Å². The van der Waals surface area contributed by atoms with Crippen molar-refractivity contribution >= 4 is 23.2 Å². The summed E-state index contributed by atoms with van der Waals surface area (Å²) in [6.07, 6.45) is 2.11. The smallest absolute Gasteiger partial charge is 0.257 e. The van der Waals surface area contributed by atoms with Crippen LogP contribution in [-0.2, 0) is 0 Å². The van der Waals surface area contributed by atoms with E-state index < -0.39 is 0 Å². The van der Waals surface area contributed by atoms with E-state index in [4.69, 9.17) is 17.0 Å². The number of carbonyl (C=O) groups excluding carboxylic acids is 1. The van der Waals surface area contributed by atoms with Crippen LogP contribution in [0.15, 0.2) is 24.3 Å². The molecule has 0 aliphatic heterocycles. The molecule has 1 aromatic carbocycles. The highest BCUT2D eigenvalue weighted by molar-refractivity contribution is 7.80. The molecule has 1 atom stereocenters. The van der Waals surface area contributed by atoms with Gasteiger partial charge in [0.05, 0.1) is 7.11 Å². The molecular weight excluding hydrogens is 322 g/mol. The molecule has 0 radical (unpaired) electrons. The lowest BCUT2D eigenvalue weighted by Crippen LogP contribution is -2.43. The van der Waals surface area contributed by atoms with Crippen LogP contribution in [0, 0.1) is 0 Å². The van der Waals surface area contributed by atoms with Crippen molar-refractivity contribution in [2.75, 3.05) is 26.7 Å². The Balaban J connectivity index is 2.34. The van der Waals surface area contributed by atoms with Gasteiger partial charge in [-0.15, -0.1) is 0 Å². The van der Waals surface area contributed by atoms with E-state index in [0.717, 1.165) is 32.5 Å². The highest BCUT2D eigenvalue weighted by Gasteiger charge is 2.10. The van der Waals surface area contributed by atoms with Crippen molar-refractivity contribution in [2.45, 2.75) is 39.7 Å². The van der Waals surface area contributed by atoms with Gasteiger partial charge >= 0.3 is 0 Å². The second kappa shape index (κ2) is 11.0. The molecule has 0 saturated heterocycles. The summed E-state index contributed by atoms with van der Waals surface area (Å²) in [6, 6.07) is 7.15. The van der Waals surface area contributed by atoms with Crippen molar-refractivity contribution in [3.05, 3.63) is 29.8 Å². The molecule has 0 aliphatic rings. The maximum atomic E-state index is 12.1. The van der Waals surface area contributed by atoms with Crippen LogP contribution in [-0.4, -0.2) is 48.7 Å². The van der Waals surface area contributed by atoms with Gasteiger partial charge in [0, 0.05) is 11.6 Å². The molecule has 0 aromatic heterocycles.